The van der Waals surface area contributed by atoms with E-state index in [1.165, 1.54) is 94.6 Å². The van der Waals surface area contributed by atoms with Gasteiger partial charge in [-0.2, -0.15) is 0 Å². The maximum Gasteiger partial charge on any atom is 0.127 e. The number of rotatable bonds is 18. The zero-order valence-corrected chi connectivity index (χ0v) is 20.2. The van der Waals surface area contributed by atoms with Gasteiger partial charge in [0.05, 0.1) is 6.10 Å². The second kappa shape index (κ2) is 16.8. The zero-order chi connectivity index (χ0) is 22.0. The van der Waals surface area contributed by atoms with Crippen molar-refractivity contribution in [1.29, 1.82) is 0 Å². The van der Waals surface area contributed by atoms with Crippen LogP contribution in [0.25, 0.3) is 11.1 Å². The highest BCUT2D eigenvalue weighted by Gasteiger charge is 2.13. The fraction of sp³-hybridized carbons (Fsp3) is 0.621. The van der Waals surface area contributed by atoms with Crippen LogP contribution in [-0.2, 0) is 0 Å². The Hall–Kier alpha value is -1.83. The van der Waals surface area contributed by atoms with Gasteiger partial charge in [-0.1, -0.05) is 109 Å². The van der Waals surface area contributed by atoms with E-state index in [0.29, 0.717) is 6.10 Å². The van der Waals surface area contributed by atoms with Gasteiger partial charge in [-0.25, -0.2) is 0 Å². The minimum atomic E-state index is 0.316. The molecule has 0 aliphatic rings. The van der Waals surface area contributed by atoms with Crippen molar-refractivity contribution >= 4 is 0 Å². The number of benzene rings is 1. The molecule has 1 atom stereocenters. The van der Waals surface area contributed by atoms with E-state index in [4.69, 9.17) is 4.74 Å². The molecule has 172 valence electrons. The minimum Gasteiger partial charge on any atom is -0.490 e. The molecular weight excluding hydrogens is 378 g/mol. The molecule has 1 aromatic heterocycles. The molecule has 0 aliphatic carbocycles. The molecule has 0 fully saturated rings. The first-order chi connectivity index (χ1) is 15.3. The van der Waals surface area contributed by atoms with Crippen molar-refractivity contribution in [3.63, 3.8) is 0 Å². The van der Waals surface area contributed by atoms with Crippen LogP contribution in [0.1, 0.15) is 110 Å². The normalized spacial score (nSPS) is 12.1. The Morgan fingerprint density at radius 3 is 1.84 bits per heavy atom. The summed E-state index contributed by atoms with van der Waals surface area (Å²) >= 11 is 0. The third-order valence-electron chi connectivity index (χ3n) is 6.16. The third-order valence-corrected chi connectivity index (χ3v) is 6.16. The van der Waals surface area contributed by atoms with Crippen LogP contribution in [0, 0.1) is 0 Å². The summed E-state index contributed by atoms with van der Waals surface area (Å²) in [5.74, 6) is 1.01. The Balaban J connectivity index is 1.65. The van der Waals surface area contributed by atoms with Crippen LogP contribution >= 0.6 is 0 Å². The van der Waals surface area contributed by atoms with E-state index in [9.17, 15) is 0 Å². The molecule has 2 rings (SSSR count). The lowest BCUT2D eigenvalue weighted by molar-refractivity contribution is 0.176. The Labute approximate surface area is 191 Å². The van der Waals surface area contributed by atoms with Crippen LogP contribution in [0.15, 0.2) is 48.8 Å². The molecule has 0 radical (unpaired) electrons. The molecule has 2 nitrogen and oxygen atoms in total. The molecule has 1 unspecified atom stereocenters. The van der Waals surface area contributed by atoms with Crippen molar-refractivity contribution in [1.82, 2.24) is 4.98 Å². The van der Waals surface area contributed by atoms with Gasteiger partial charge in [-0.3, -0.25) is 4.98 Å². The van der Waals surface area contributed by atoms with Gasteiger partial charge in [0.15, 0.2) is 0 Å². The fourth-order valence-corrected chi connectivity index (χ4v) is 4.32. The van der Waals surface area contributed by atoms with Crippen LogP contribution in [0.4, 0.5) is 0 Å². The molecule has 0 aliphatic heterocycles. The summed E-state index contributed by atoms with van der Waals surface area (Å²) in [5, 5.41) is 0. The lowest BCUT2D eigenvalue weighted by atomic mass is 10.0. The van der Waals surface area contributed by atoms with Gasteiger partial charge >= 0.3 is 0 Å². The Morgan fingerprint density at radius 2 is 1.23 bits per heavy atom. The highest BCUT2D eigenvalue weighted by Crippen LogP contribution is 2.31. The third kappa shape index (κ3) is 10.8. The summed E-state index contributed by atoms with van der Waals surface area (Å²) in [7, 11) is 0. The molecule has 1 aromatic carbocycles. The molecule has 2 aromatic rings. The second-order valence-corrected chi connectivity index (χ2v) is 8.94. The molecule has 0 saturated carbocycles. The SMILES string of the molecule is CCCCCCCCCCCCCCC(CCC)Oc1ccccc1-c1ccncc1. The Kier molecular flexibility index (Phi) is 13.8. The van der Waals surface area contributed by atoms with Crippen molar-refractivity contribution in [2.45, 2.75) is 116 Å². The summed E-state index contributed by atoms with van der Waals surface area (Å²) < 4.78 is 6.52. The number of pyridine rings is 1. The first kappa shape index (κ1) is 25.4. The van der Waals surface area contributed by atoms with Crippen molar-refractivity contribution < 1.29 is 4.74 Å². The van der Waals surface area contributed by atoms with Crippen molar-refractivity contribution in [3.8, 4) is 16.9 Å². The molecule has 31 heavy (non-hydrogen) atoms. The summed E-state index contributed by atoms with van der Waals surface area (Å²) in [4.78, 5) is 4.15. The van der Waals surface area contributed by atoms with Crippen LogP contribution in [0.2, 0.25) is 0 Å². The average molecular weight is 424 g/mol. The molecular formula is C29H45NO. The number of hydrogen-bond donors (Lipinski definition) is 0. The average Bonchev–Trinajstić information content (AvgIpc) is 2.81. The maximum atomic E-state index is 6.52. The highest BCUT2D eigenvalue weighted by molar-refractivity contribution is 5.69. The number of para-hydroxylation sites is 1. The second-order valence-electron chi connectivity index (χ2n) is 8.94. The number of hydrogen-bond acceptors (Lipinski definition) is 2. The predicted molar refractivity (Wildman–Crippen MR) is 135 cm³/mol. The smallest absolute Gasteiger partial charge is 0.127 e. The van der Waals surface area contributed by atoms with E-state index in [2.05, 4.69) is 55.2 Å². The van der Waals surface area contributed by atoms with Gasteiger partial charge in [-0.05, 0) is 43.0 Å². The van der Waals surface area contributed by atoms with E-state index in [1.807, 2.05) is 12.4 Å². The highest BCUT2D eigenvalue weighted by atomic mass is 16.5. The van der Waals surface area contributed by atoms with E-state index < -0.39 is 0 Å². The minimum absolute atomic E-state index is 0.316. The van der Waals surface area contributed by atoms with Crippen LogP contribution in [-0.4, -0.2) is 11.1 Å². The molecule has 0 N–H and O–H groups in total. The summed E-state index contributed by atoms with van der Waals surface area (Å²) in [6.45, 7) is 4.55. The molecule has 0 saturated heterocycles. The van der Waals surface area contributed by atoms with Crippen LogP contribution < -0.4 is 4.74 Å². The molecule has 0 spiro atoms. The van der Waals surface area contributed by atoms with Crippen LogP contribution in [0.5, 0.6) is 5.75 Å². The Bertz CT molecular complexity index is 669. The van der Waals surface area contributed by atoms with Crippen molar-refractivity contribution in [2.75, 3.05) is 0 Å². The van der Waals surface area contributed by atoms with Crippen molar-refractivity contribution in [3.05, 3.63) is 48.8 Å². The lowest BCUT2D eigenvalue weighted by Gasteiger charge is -2.21. The molecule has 1 heterocycles. The predicted octanol–water partition coefficient (Wildman–Crippen LogP) is 9.39. The van der Waals surface area contributed by atoms with Crippen LogP contribution in [0.3, 0.4) is 0 Å². The van der Waals surface area contributed by atoms with Gasteiger partial charge in [0, 0.05) is 18.0 Å². The van der Waals surface area contributed by atoms with Crippen molar-refractivity contribution in [2.24, 2.45) is 0 Å². The number of unbranched alkanes of at least 4 members (excludes halogenated alkanes) is 11. The quantitative estimate of drug-likeness (QED) is 0.223. The fourth-order valence-electron chi connectivity index (χ4n) is 4.32. The monoisotopic (exact) mass is 423 g/mol. The number of nitrogens with zero attached hydrogens (tertiary/aromatic N) is 1. The first-order valence-corrected chi connectivity index (χ1v) is 13.0. The Morgan fingerprint density at radius 1 is 0.645 bits per heavy atom. The first-order valence-electron chi connectivity index (χ1n) is 13.0. The standard InChI is InChI=1S/C29H45NO/c1-3-5-6-7-8-9-10-11-12-13-14-15-19-27(18-4-2)31-29-21-17-16-20-28(29)26-22-24-30-25-23-26/h16-17,20-25,27H,3-15,18-19H2,1-2H3. The van der Waals surface area contributed by atoms with E-state index >= 15 is 0 Å². The molecule has 0 amide bonds. The summed E-state index contributed by atoms with van der Waals surface area (Å²) in [6.07, 6.45) is 24.2. The molecule has 0 bridgehead atoms. The van der Waals surface area contributed by atoms with Gasteiger partial charge < -0.3 is 4.74 Å². The van der Waals surface area contributed by atoms with Gasteiger partial charge in [-0.15, -0.1) is 0 Å². The summed E-state index contributed by atoms with van der Waals surface area (Å²) in [6, 6.07) is 12.5. The van der Waals surface area contributed by atoms with Gasteiger partial charge in [0.2, 0.25) is 0 Å². The number of aromatic nitrogens is 1. The maximum absolute atomic E-state index is 6.52. The molecule has 2 heteroatoms. The van der Waals surface area contributed by atoms with E-state index in [-0.39, 0.29) is 0 Å². The van der Waals surface area contributed by atoms with Gasteiger partial charge in [0.1, 0.15) is 5.75 Å². The number of ether oxygens (including phenoxy) is 1. The summed E-state index contributed by atoms with van der Waals surface area (Å²) in [5.41, 5.74) is 2.34. The zero-order valence-electron chi connectivity index (χ0n) is 20.2. The topological polar surface area (TPSA) is 22.1 Å². The largest absolute Gasteiger partial charge is 0.490 e. The van der Waals surface area contributed by atoms with E-state index in [0.717, 1.165) is 18.6 Å². The van der Waals surface area contributed by atoms with Gasteiger partial charge in [0.25, 0.3) is 0 Å². The van der Waals surface area contributed by atoms with E-state index in [1.54, 1.807) is 0 Å². The lowest BCUT2D eigenvalue weighted by Crippen LogP contribution is -2.16.